The molecular formula is C20H18N2O2. The van der Waals surface area contributed by atoms with Crippen LogP contribution in [0.25, 0.3) is 11.3 Å². The van der Waals surface area contributed by atoms with E-state index in [1.165, 1.54) is 5.56 Å². The van der Waals surface area contributed by atoms with Gasteiger partial charge in [0.05, 0.1) is 6.20 Å². The summed E-state index contributed by atoms with van der Waals surface area (Å²) in [5.41, 5.74) is 5.36. The number of aromatic nitrogens is 1. The first-order chi connectivity index (χ1) is 11.7. The van der Waals surface area contributed by atoms with Crippen LogP contribution in [0.5, 0.6) is 0 Å². The van der Waals surface area contributed by atoms with Crippen molar-refractivity contribution in [2.45, 2.75) is 26.2 Å². The van der Waals surface area contributed by atoms with Crippen LogP contribution in [0.3, 0.4) is 0 Å². The lowest BCUT2D eigenvalue weighted by Crippen LogP contribution is -2.14. The average molecular weight is 318 g/mol. The minimum atomic E-state index is 0.282. The van der Waals surface area contributed by atoms with E-state index in [1.54, 1.807) is 6.20 Å². The second-order valence-electron chi connectivity index (χ2n) is 6.13. The molecule has 2 aromatic carbocycles. The Bertz CT molecular complexity index is 912. The second kappa shape index (κ2) is 5.96. The third-order valence-electron chi connectivity index (χ3n) is 4.48. The van der Waals surface area contributed by atoms with Gasteiger partial charge in [0.1, 0.15) is 5.78 Å². The van der Waals surface area contributed by atoms with Crippen molar-refractivity contribution < 1.29 is 9.21 Å². The van der Waals surface area contributed by atoms with Gasteiger partial charge in [0.15, 0.2) is 5.76 Å². The molecule has 0 saturated heterocycles. The molecule has 4 heteroatoms. The van der Waals surface area contributed by atoms with Crippen LogP contribution in [0.15, 0.2) is 53.1 Å². The Morgan fingerprint density at radius 2 is 1.96 bits per heavy atom. The zero-order chi connectivity index (χ0) is 16.5. The van der Waals surface area contributed by atoms with E-state index in [9.17, 15) is 4.79 Å². The first-order valence-corrected chi connectivity index (χ1v) is 8.12. The highest BCUT2D eigenvalue weighted by atomic mass is 16.4. The lowest BCUT2D eigenvalue weighted by atomic mass is 9.89. The molecule has 0 saturated carbocycles. The first kappa shape index (κ1) is 14.7. The number of nitrogens with zero attached hydrogens (tertiary/aromatic N) is 1. The molecule has 4 rings (SSSR count). The van der Waals surface area contributed by atoms with Gasteiger partial charge in [-0.2, -0.15) is 0 Å². The van der Waals surface area contributed by atoms with Crippen LogP contribution in [0.1, 0.15) is 23.1 Å². The molecule has 24 heavy (non-hydrogen) atoms. The molecule has 0 bridgehead atoms. The molecule has 3 aromatic rings. The number of nitrogens with one attached hydrogen (secondary N) is 1. The maximum Gasteiger partial charge on any atom is 0.299 e. The number of benzene rings is 2. The van der Waals surface area contributed by atoms with E-state index < -0.39 is 0 Å². The number of fused-ring (bicyclic) bond motifs is 1. The number of hydrogen-bond donors (Lipinski definition) is 1. The summed E-state index contributed by atoms with van der Waals surface area (Å²) in [5, 5.41) is 3.23. The summed E-state index contributed by atoms with van der Waals surface area (Å²) in [6.45, 7) is 2.05. The van der Waals surface area contributed by atoms with Gasteiger partial charge in [-0.1, -0.05) is 36.4 Å². The van der Waals surface area contributed by atoms with Crippen LogP contribution in [-0.2, 0) is 17.6 Å². The topological polar surface area (TPSA) is 55.1 Å². The predicted octanol–water partition coefficient (Wildman–Crippen LogP) is 4.45. The summed E-state index contributed by atoms with van der Waals surface area (Å²) in [7, 11) is 0. The summed E-state index contributed by atoms with van der Waals surface area (Å²) in [6, 6.07) is 14.5. The van der Waals surface area contributed by atoms with Crippen LogP contribution in [-0.4, -0.2) is 10.8 Å². The van der Waals surface area contributed by atoms with Gasteiger partial charge in [0.25, 0.3) is 6.01 Å². The van der Waals surface area contributed by atoms with Crippen LogP contribution < -0.4 is 5.32 Å². The van der Waals surface area contributed by atoms with Crippen molar-refractivity contribution in [3.05, 3.63) is 65.4 Å². The maximum absolute atomic E-state index is 11.8. The predicted molar refractivity (Wildman–Crippen MR) is 93.4 cm³/mol. The Kier molecular flexibility index (Phi) is 3.65. The summed E-state index contributed by atoms with van der Waals surface area (Å²) in [4.78, 5) is 16.1. The van der Waals surface area contributed by atoms with Gasteiger partial charge in [-0.25, -0.2) is 4.98 Å². The smallest absolute Gasteiger partial charge is 0.299 e. The molecule has 0 fully saturated rings. The number of aryl methyl sites for hydroxylation is 2. The number of oxazole rings is 1. The molecule has 1 N–H and O–H groups in total. The van der Waals surface area contributed by atoms with Gasteiger partial charge in [-0.15, -0.1) is 0 Å². The lowest BCUT2D eigenvalue weighted by molar-refractivity contribution is -0.118. The van der Waals surface area contributed by atoms with Gasteiger partial charge < -0.3 is 9.73 Å². The van der Waals surface area contributed by atoms with Crippen LogP contribution >= 0.6 is 0 Å². The molecule has 120 valence electrons. The van der Waals surface area contributed by atoms with Crippen LogP contribution in [0.4, 0.5) is 11.7 Å². The standard InChI is InChI=1S/C20H18N2O2/c1-13-5-2-3-7-16(13)19-12-21-20(24-19)22-18-8-4-6-14-9-10-15(23)11-17(14)18/h2-8,12H,9-11H2,1H3,(H,21,22). The molecule has 1 aliphatic rings. The van der Waals surface area contributed by atoms with E-state index in [4.69, 9.17) is 4.42 Å². The Morgan fingerprint density at radius 1 is 1.08 bits per heavy atom. The molecule has 4 nitrogen and oxygen atoms in total. The summed E-state index contributed by atoms with van der Waals surface area (Å²) in [6.07, 6.45) is 3.64. The van der Waals surface area contributed by atoms with Gasteiger partial charge in [0, 0.05) is 24.1 Å². The monoisotopic (exact) mass is 318 g/mol. The molecule has 0 spiro atoms. The highest BCUT2D eigenvalue weighted by molar-refractivity contribution is 5.85. The largest absolute Gasteiger partial charge is 0.423 e. The SMILES string of the molecule is Cc1ccccc1-c1cnc(Nc2cccc3c2CC(=O)CC3)o1. The fraction of sp³-hybridized carbons (Fsp3) is 0.200. The van der Waals surface area contributed by atoms with Crippen molar-refractivity contribution in [3.63, 3.8) is 0 Å². The van der Waals surface area contributed by atoms with Crippen LogP contribution in [0, 0.1) is 6.92 Å². The fourth-order valence-electron chi connectivity index (χ4n) is 3.18. The zero-order valence-corrected chi connectivity index (χ0v) is 13.5. The van der Waals surface area contributed by atoms with Gasteiger partial charge in [0.2, 0.25) is 0 Å². The van der Waals surface area contributed by atoms with Crippen molar-refractivity contribution in [1.29, 1.82) is 0 Å². The van der Waals surface area contributed by atoms with Gasteiger partial charge in [-0.3, -0.25) is 4.79 Å². The molecule has 1 heterocycles. The first-order valence-electron chi connectivity index (χ1n) is 8.12. The number of ketones is 1. The Hall–Kier alpha value is -2.88. The highest BCUT2D eigenvalue weighted by Gasteiger charge is 2.19. The molecule has 1 aromatic heterocycles. The van der Waals surface area contributed by atoms with E-state index >= 15 is 0 Å². The maximum atomic E-state index is 11.8. The van der Waals surface area contributed by atoms with Crippen molar-refractivity contribution >= 4 is 17.5 Å². The van der Waals surface area contributed by atoms with E-state index in [-0.39, 0.29) is 5.78 Å². The third-order valence-corrected chi connectivity index (χ3v) is 4.48. The van der Waals surface area contributed by atoms with Crippen molar-refractivity contribution in [2.75, 3.05) is 5.32 Å². The Labute approximate surface area is 140 Å². The van der Waals surface area contributed by atoms with Gasteiger partial charge in [-0.05, 0) is 36.1 Å². The number of anilines is 2. The van der Waals surface area contributed by atoms with Crippen molar-refractivity contribution in [1.82, 2.24) is 4.98 Å². The summed E-state index contributed by atoms with van der Waals surface area (Å²) < 4.78 is 5.87. The lowest BCUT2D eigenvalue weighted by Gasteiger charge is -2.18. The Morgan fingerprint density at radius 3 is 2.83 bits per heavy atom. The molecule has 0 amide bonds. The van der Waals surface area contributed by atoms with E-state index in [0.717, 1.165) is 34.6 Å². The second-order valence-corrected chi connectivity index (χ2v) is 6.13. The van der Waals surface area contributed by atoms with E-state index in [1.807, 2.05) is 43.3 Å². The summed E-state index contributed by atoms with van der Waals surface area (Å²) >= 11 is 0. The molecule has 1 aliphatic carbocycles. The summed E-state index contributed by atoms with van der Waals surface area (Å²) in [5.74, 6) is 1.02. The van der Waals surface area contributed by atoms with Gasteiger partial charge >= 0.3 is 0 Å². The highest BCUT2D eigenvalue weighted by Crippen LogP contribution is 2.31. The number of hydrogen-bond acceptors (Lipinski definition) is 4. The minimum Gasteiger partial charge on any atom is -0.423 e. The van der Waals surface area contributed by atoms with Crippen molar-refractivity contribution in [3.8, 4) is 11.3 Å². The minimum absolute atomic E-state index is 0.282. The number of Topliss-reactive ketones (excluding diaryl/α,β-unsaturated/α-hetero) is 1. The average Bonchev–Trinajstić information content (AvgIpc) is 3.04. The fourth-order valence-corrected chi connectivity index (χ4v) is 3.18. The molecule has 0 radical (unpaired) electrons. The van der Waals surface area contributed by atoms with E-state index in [2.05, 4.69) is 16.4 Å². The number of carbonyl (C=O) groups is 1. The Balaban J connectivity index is 1.64. The van der Waals surface area contributed by atoms with E-state index in [0.29, 0.717) is 18.9 Å². The number of rotatable bonds is 3. The quantitative estimate of drug-likeness (QED) is 0.775. The molecule has 0 unspecified atom stereocenters. The zero-order valence-electron chi connectivity index (χ0n) is 13.5. The van der Waals surface area contributed by atoms with Crippen LogP contribution in [0.2, 0.25) is 0 Å². The molecule has 0 atom stereocenters. The third kappa shape index (κ3) is 2.71. The molecular weight excluding hydrogens is 300 g/mol. The molecule has 0 aliphatic heterocycles. The van der Waals surface area contributed by atoms with Crippen molar-refractivity contribution in [2.24, 2.45) is 0 Å². The normalized spacial score (nSPS) is 13.6. The number of carbonyl (C=O) groups excluding carboxylic acids is 1.